The Balaban J connectivity index is 0.00000220. The normalized spacial score (nSPS) is 16.5. The summed E-state index contributed by atoms with van der Waals surface area (Å²) in [5.74, 6) is 0.681. The molecule has 1 aliphatic rings. The second-order valence-electron chi connectivity index (χ2n) is 5.28. The Hall–Kier alpha value is -0.820. The van der Waals surface area contributed by atoms with E-state index in [1.54, 1.807) is 24.3 Å². The van der Waals surface area contributed by atoms with Crippen molar-refractivity contribution in [2.45, 2.75) is 43.7 Å². The molecule has 21 heavy (non-hydrogen) atoms. The summed E-state index contributed by atoms with van der Waals surface area (Å²) >= 11 is 0. The second-order valence-corrected chi connectivity index (χ2v) is 7.00. The highest BCUT2D eigenvalue weighted by Crippen LogP contribution is 2.18. The van der Waals surface area contributed by atoms with Gasteiger partial charge in [0.2, 0.25) is 10.0 Å². The van der Waals surface area contributed by atoms with Crippen molar-refractivity contribution >= 4 is 22.4 Å². The topological polar surface area (TPSA) is 67.4 Å². The minimum atomic E-state index is -3.44. The standard InChI is InChI=1S/C14H22N2O3S.ClH/c1-11(2)19-13-3-5-14(6-4-13)20(17,18)16-12-7-9-15-10-8-12;/h3-6,11-12,15-16H,7-10H2,1-2H3;1H. The fourth-order valence-electron chi connectivity index (χ4n) is 2.20. The first-order valence-electron chi connectivity index (χ1n) is 6.97. The number of hydrogen-bond donors (Lipinski definition) is 2. The molecule has 0 aromatic heterocycles. The van der Waals surface area contributed by atoms with Gasteiger partial charge in [-0.2, -0.15) is 0 Å². The van der Waals surface area contributed by atoms with Gasteiger partial charge in [0.1, 0.15) is 5.75 Å². The lowest BCUT2D eigenvalue weighted by Crippen LogP contribution is -2.42. The molecule has 5 nitrogen and oxygen atoms in total. The number of nitrogens with one attached hydrogen (secondary N) is 2. The number of sulfonamides is 1. The van der Waals surface area contributed by atoms with E-state index in [4.69, 9.17) is 4.74 Å². The average Bonchev–Trinajstić information content (AvgIpc) is 2.39. The summed E-state index contributed by atoms with van der Waals surface area (Å²) in [4.78, 5) is 0.284. The van der Waals surface area contributed by atoms with Crippen molar-refractivity contribution in [2.75, 3.05) is 13.1 Å². The van der Waals surface area contributed by atoms with Crippen LogP contribution in [0.25, 0.3) is 0 Å². The molecule has 0 saturated carbocycles. The molecule has 0 spiro atoms. The van der Waals surface area contributed by atoms with Crippen LogP contribution in [0.2, 0.25) is 0 Å². The summed E-state index contributed by atoms with van der Waals surface area (Å²) in [5, 5.41) is 3.21. The zero-order valence-corrected chi connectivity index (χ0v) is 14.0. The van der Waals surface area contributed by atoms with Crippen molar-refractivity contribution in [1.82, 2.24) is 10.0 Å². The van der Waals surface area contributed by atoms with E-state index in [1.807, 2.05) is 13.8 Å². The molecule has 1 aromatic carbocycles. The third-order valence-corrected chi connectivity index (χ3v) is 4.70. The molecule has 2 N–H and O–H groups in total. The number of rotatable bonds is 5. The maximum atomic E-state index is 12.3. The quantitative estimate of drug-likeness (QED) is 0.863. The lowest BCUT2D eigenvalue weighted by atomic mass is 10.1. The molecular weight excluding hydrogens is 312 g/mol. The van der Waals surface area contributed by atoms with Gasteiger partial charge in [-0.3, -0.25) is 0 Å². The molecule has 1 saturated heterocycles. The van der Waals surface area contributed by atoms with Gasteiger partial charge in [0.15, 0.2) is 0 Å². The fraction of sp³-hybridized carbons (Fsp3) is 0.571. The Morgan fingerprint density at radius 1 is 1.19 bits per heavy atom. The van der Waals surface area contributed by atoms with Crippen LogP contribution in [0.4, 0.5) is 0 Å². The summed E-state index contributed by atoms with van der Waals surface area (Å²) in [5.41, 5.74) is 0. The molecule has 0 amide bonds. The Bertz CT molecular complexity index is 526. The highest BCUT2D eigenvalue weighted by molar-refractivity contribution is 7.89. The Morgan fingerprint density at radius 3 is 2.29 bits per heavy atom. The Morgan fingerprint density at radius 2 is 1.76 bits per heavy atom. The van der Waals surface area contributed by atoms with Crippen LogP contribution in [0.15, 0.2) is 29.2 Å². The first kappa shape index (κ1) is 18.2. The monoisotopic (exact) mass is 334 g/mol. The van der Waals surface area contributed by atoms with E-state index in [1.165, 1.54) is 0 Å². The minimum Gasteiger partial charge on any atom is -0.491 e. The van der Waals surface area contributed by atoms with Gasteiger partial charge in [0, 0.05) is 6.04 Å². The number of piperidine rings is 1. The van der Waals surface area contributed by atoms with Gasteiger partial charge in [-0.15, -0.1) is 12.4 Å². The number of ether oxygens (including phenoxy) is 1. The molecule has 1 fully saturated rings. The van der Waals surface area contributed by atoms with Crippen LogP contribution in [0.3, 0.4) is 0 Å². The minimum absolute atomic E-state index is 0. The third kappa shape index (κ3) is 5.47. The molecule has 0 radical (unpaired) electrons. The van der Waals surface area contributed by atoms with E-state index in [0.29, 0.717) is 5.75 Å². The number of hydrogen-bond acceptors (Lipinski definition) is 4. The summed E-state index contributed by atoms with van der Waals surface area (Å²) in [6.45, 7) is 5.58. The predicted octanol–water partition coefficient (Wildman–Crippen LogP) is 1.93. The van der Waals surface area contributed by atoms with E-state index in [2.05, 4.69) is 10.0 Å². The van der Waals surface area contributed by atoms with Crippen molar-refractivity contribution in [3.05, 3.63) is 24.3 Å². The Kier molecular flexibility index (Phi) is 6.93. The van der Waals surface area contributed by atoms with Crippen LogP contribution in [-0.4, -0.2) is 33.7 Å². The van der Waals surface area contributed by atoms with E-state index in [-0.39, 0.29) is 29.4 Å². The van der Waals surface area contributed by atoms with E-state index in [0.717, 1.165) is 25.9 Å². The molecule has 7 heteroatoms. The van der Waals surface area contributed by atoms with Crippen LogP contribution in [0.1, 0.15) is 26.7 Å². The molecule has 1 aliphatic heterocycles. The van der Waals surface area contributed by atoms with E-state index >= 15 is 0 Å². The maximum Gasteiger partial charge on any atom is 0.240 e. The second kappa shape index (κ2) is 7.98. The van der Waals surface area contributed by atoms with Gasteiger partial charge < -0.3 is 10.1 Å². The third-order valence-electron chi connectivity index (χ3n) is 3.17. The molecule has 2 rings (SSSR count). The molecule has 1 aromatic rings. The molecule has 1 heterocycles. The highest BCUT2D eigenvalue weighted by Gasteiger charge is 2.21. The van der Waals surface area contributed by atoms with Crippen LogP contribution < -0.4 is 14.8 Å². The van der Waals surface area contributed by atoms with Gasteiger partial charge in [-0.25, -0.2) is 13.1 Å². The molecule has 0 aliphatic carbocycles. The van der Waals surface area contributed by atoms with Gasteiger partial charge in [-0.05, 0) is 64.0 Å². The van der Waals surface area contributed by atoms with Crippen LogP contribution >= 0.6 is 12.4 Å². The van der Waals surface area contributed by atoms with Crippen LogP contribution in [0, 0.1) is 0 Å². The first-order valence-corrected chi connectivity index (χ1v) is 8.45. The van der Waals surface area contributed by atoms with E-state index in [9.17, 15) is 8.42 Å². The molecule has 0 bridgehead atoms. The first-order chi connectivity index (χ1) is 9.47. The van der Waals surface area contributed by atoms with Crippen molar-refractivity contribution in [3.63, 3.8) is 0 Å². The van der Waals surface area contributed by atoms with Gasteiger partial charge in [0.25, 0.3) is 0 Å². The maximum absolute atomic E-state index is 12.3. The largest absolute Gasteiger partial charge is 0.491 e. The summed E-state index contributed by atoms with van der Waals surface area (Å²) < 4.78 is 32.8. The fourth-order valence-corrected chi connectivity index (χ4v) is 3.50. The van der Waals surface area contributed by atoms with E-state index < -0.39 is 10.0 Å². The molecule has 0 atom stereocenters. The smallest absolute Gasteiger partial charge is 0.240 e. The number of benzene rings is 1. The van der Waals surface area contributed by atoms with Gasteiger partial charge in [-0.1, -0.05) is 0 Å². The van der Waals surface area contributed by atoms with Crippen molar-refractivity contribution in [2.24, 2.45) is 0 Å². The summed E-state index contributed by atoms with van der Waals surface area (Å²) in [6.07, 6.45) is 1.73. The zero-order valence-electron chi connectivity index (χ0n) is 12.3. The number of halogens is 1. The van der Waals surface area contributed by atoms with Crippen LogP contribution in [-0.2, 0) is 10.0 Å². The van der Waals surface area contributed by atoms with Gasteiger partial charge in [0.05, 0.1) is 11.0 Å². The van der Waals surface area contributed by atoms with Gasteiger partial charge >= 0.3 is 0 Å². The van der Waals surface area contributed by atoms with Crippen LogP contribution in [0.5, 0.6) is 5.75 Å². The average molecular weight is 335 g/mol. The lowest BCUT2D eigenvalue weighted by molar-refractivity contribution is 0.242. The van der Waals surface area contributed by atoms with Crippen molar-refractivity contribution < 1.29 is 13.2 Å². The van der Waals surface area contributed by atoms with Crippen molar-refractivity contribution in [1.29, 1.82) is 0 Å². The van der Waals surface area contributed by atoms with Crippen molar-refractivity contribution in [3.8, 4) is 5.75 Å². The SMILES string of the molecule is CC(C)Oc1ccc(S(=O)(=O)NC2CCNCC2)cc1.Cl. The molecular formula is C14H23ClN2O3S. The predicted molar refractivity (Wildman–Crippen MR) is 85.7 cm³/mol. The Labute approximate surface area is 132 Å². The highest BCUT2D eigenvalue weighted by atomic mass is 35.5. The molecule has 120 valence electrons. The molecule has 0 unspecified atom stereocenters. The lowest BCUT2D eigenvalue weighted by Gasteiger charge is -2.23. The summed E-state index contributed by atoms with van der Waals surface area (Å²) in [6, 6.07) is 6.57. The summed E-state index contributed by atoms with van der Waals surface area (Å²) in [7, 11) is -3.44. The zero-order chi connectivity index (χ0) is 14.6.